The predicted octanol–water partition coefficient (Wildman–Crippen LogP) is 3.05. The molecule has 0 saturated carbocycles. The lowest BCUT2D eigenvalue weighted by Crippen LogP contribution is -2.40. The number of aromatic nitrogens is 3. The van der Waals surface area contributed by atoms with Crippen molar-refractivity contribution in [1.29, 1.82) is 0 Å². The van der Waals surface area contributed by atoms with Gasteiger partial charge in [0.1, 0.15) is 24.0 Å². The van der Waals surface area contributed by atoms with Gasteiger partial charge < -0.3 is 20.6 Å². The van der Waals surface area contributed by atoms with Crippen LogP contribution in [0.1, 0.15) is 36.9 Å². The molecule has 0 spiro atoms. The van der Waals surface area contributed by atoms with E-state index < -0.39 is 12.0 Å². The summed E-state index contributed by atoms with van der Waals surface area (Å²) in [6.07, 6.45) is 6.66. The molecule has 38 heavy (non-hydrogen) atoms. The summed E-state index contributed by atoms with van der Waals surface area (Å²) in [4.78, 5) is 41.5. The number of hydrogen-bond donors (Lipinski definition) is 3. The number of benzene rings is 1. The van der Waals surface area contributed by atoms with Crippen LogP contribution in [0.25, 0.3) is 10.9 Å². The first-order chi connectivity index (χ1) is 18.4. The van der Waals surface area contributed by atoms with Crippen LogP contribution in [0, 0.1) is 0 Å². The van der Waals surface area contributed by atoms with E-state index in [1.807, 2.05) is 29.2 Å². The van der Waals surface area contributed by atoms with Crippen LogP contribution in [0.15, 0.2) is 42.7 Å². The largest absolute Gasteiger partial charge is 0.480 e. The molecule has 202 valence electrons. The molecule has 0 fully saturated rings. The molecule has 0 saturated heterocycles. The van der Waals surface area contributed by atoms with E-state index in [0.29, 0.717) is 25.3 Å². The molecule has 3 heterocycles. The van der Waals surface area contributed by atoms with E-state index in [-0.39, 0.29) is 12.5 Å². The highest BCUT2D eigenvalue weighted by Crippen LogP contribution is 2.21. The van der Waals surface area contributed by atoms with Gasteiger partial charge in [0.2, 0.25) is 5.91 Å². The number of fused-ring (bicyclic) bond motifs is 2. The summed E-state index contributed by atoms with van der Waals surface area (Å²) < 4.78 is 0. The summed E-state index contributed by atoms with van der Waals surface area (Å²) in [5, 5.41) is 17.1. The average Bonchev–Trinajstić information content (AvgIpc) is 2.92. The highest BCUT2D eigenvalue weighted by molar-refractivity contribution is 5.90. The van der Waals surface area contributed by atoms with Crippen LogP contribution < -0.4 is 10.6 Å². The fourth-order valence-corrected chi connectivity index (χ4v) is 4.61. The highest BCUT2D eigenvalue weighted by atomic mass is 16.4. The Bertz CT molecular complexity index is 1240. The van der Waals surface area contributed by atoms with Gasteiger partial charge in [-0.3, -0.25) is 9.69 Å². The summed E-state index contributed by atoms with van der Waals surface area (Å²) in [5.74, 6) is 0.536. The molecule has 0 radical (unpaired) electrons. The lowest BCUT2D eigenvalue weighted by atomic mass is 10.1. The number of amides is 1. The van der Waals surface area contributed by atoms with Crippen molar-refractivity contribution in [2.75, 3.05) is 50.9 Å². The number of para-hydroxylation sites is 1. The molecule has 1 aliphatic heterocycles. The van der Waals surface area contributed by atoms with Gasteiger partial charge in [0, 0.05) is 38.3 Å². The summed E-state index contributed by atoms with van der Waals surface area (Å²) in [6, 6.07) is 10.9. The maximum atomic E-state index is 12.5. The second kappa shape index (κ2) is 13.1. The topological polar surface area (TPSA) is 124 Å². The molecular weight excluding hydrogens is 482 g/mol. The Morgan fingerprint density at radius 1 is 1.11 bits per heavy atom. The zero-order valence-corrected chi connectivity index (χ0v) is 22.2. The van der Waals surface area contributed by atoms with Crippen LogP contribution in [-0.2, 0) is 22.4 Å². The number of anilines is 2. The third kappa shape index (κ3) is 7.38. The number of nitrogens with zero attached hydrogens (tertiary/aromatic N) is 5. The number of aryl methyl sites for hydroxylation is 2. The Balaban J connectivity index is 1.34. The molecule has 0 aliphatic carbocycles. The minimum atomic E-state index is -0.960. The van der Waals surface area contributed by atoms with E-state index in [4.69, 9.17) is 4.98 Å². The lowest BCUT2D eigenvalue weighted by molar-refractivity contribution is -0.138. The average molecular weight is 520 g/mol. The monoisotopic (exact) mass is 519 g/mol. The van der Waals surface area contributed by atoms with Crippen molar-refractivity contribution in [3.63, 3.8) is 0 Å². The molecule has 10 heteroatoms. The summed E-state index contributed by atoms with van der Waals surface area (Å²) in [7, 11) is 3.47. The number of carboxylic acid groups (broad SMARTS) is 1. The molecule has 1 aromatic carbocycles. The molecular formula is C28H37N7O3. The minimum absolute atomic E-state index is 0.00550. The molecule has 1 atom stereocenters. The first kappa shape index (κ1) is 27.3. The normalized spacial score (nSPS) is 13.6. The van der Waals surface area contributed by atoms with Crippen LogP contribution in [-0.4, -0.2) is 88.1 Å². The van der Waals surface area contributed by atoms with Gasteiger partial charge in [-0.2, -0.15) is 0 Å². The fourth-order valence-electron chi connectivity index (χ4n) is 4.61. The fraction of sp³-hybridized carbons (Fsp3) is 0.464. The SMILES string of the molecule is CN(C)C(=O)CN(CCCCc1ccc2c(n1)NCCC2)CC[C@H](Nc1ncnc2ccccc12)C(=O)O. The molecule has 3 aromatic rings. The zero-order valence-electron chi connectivity index (χ0n) is 22.2. The summed E-state index contributed by atoms with van der Waals surface area (Å²) >= 11 is 0. The molecule has 3 N–H and O–H groups in total. The number of pyridine rings is 1. The van der Waals surface area contributed by atoms with Gasteiger partial charge in [0.25, 0.3) is 0 Å². The van der Waals surface area contributed by atoms with E-state index in [1.54, 1.807) is 19.0 Å². The number of carbonyl (C=O) groups excluding carboxylic acids is 1. The summed E-state index contributed by atoms with van der Waals surface area (Å²) in [6.45, 7) is 2.38. The maximum absolute atomic E-state index is 12.5. The van der Waals surface area contributed by atoms with Gasteiger partial charge in [-0.15, -0.1) is 0 Å². The maximum Gasteiger partial charge on any atom is 0.326 e. The number of likely N-dealkylation sites (N-methyl/N-ethyl adjacent to an activating group) is 1. The molecule has 2 aromatic heterocycles. The van der Waals surface area contributed by atoms with Crippen LogP contribution >= 0.6 is 0 Å². The Morgan fingerprint density at radius 3 is 2.76 bits per heavy atom. The molecule has 0 bridgehead atoms. The number of carboxylic acids is 1. The van der Waals surface area contributed by atoms with Crippen molar-refractivity contribution in [3.05, 3.63) is 54.0 Å². The van der Waals surface area contributed by atoms with Gasteiger partial charge in [0.05, 0.1) is 12.1 Å². The van der Waals surface area contributed by atoms with Gasteiger partial charge in [-0.05, 0) is 68.8 Å². The Kier molecular flexibility index (Phi) is 9.42. The van der Waals surface area contributed by atoms with Gasteiger partial charge >= 0.3 is 5.97 Å². The third-order valence-electron chi connectivity index (χ3n) is 6.85. The number of nitrogens with one attached hydrogen (secondary N) is 2. The van der Waals surface area contributed by atoms with Crippen molar-refractivity contribution in [2.24, 2.45) is 0 Å². The van der Waals surface area contributed by atoms with Gasteiger partial charge in [0.15, 0.2) is 0 Å². The van der Waals surface area contributed by atoms with Crippen molar-refractivity contribution in [2.45, 2.75) is 44.6 Å². The number of aliphatic carboxylic acids is 1. The van der Waals surface area contributed by atoms with E-state index in [1.165, 1.54) is 11.9 Å². The smallest absolute Gasteiger partial charge is 0.326 e. The Hall–Kier alpha value is -3.79. The molecule has 1 aliphatic rings. The van der Waals surface area contributed by atoms with E-state index in [2.05, 4.69) is 32.7 Å². The second-order valence-corrected chi connectivity index (χ2v) is 9.93. The molecule has 10 nitrogen and oxygen atoms in total. The van der Waals surface area contributed by atoms with Crippen LogP contribution in [0.3, 0.4) is 0 Å². The molecule has 0 unspecified atom stereocenters. The lowest BCUT2D eigenvalue weighted by Gasteiger charge is -2.25. The van der Waals surface area contributed by atoms with Gasteiger partial charge in [-0.1, -0.05) is 18.2 Å². The van der Waals surface area contributed by atoms with Crippen molar-refractivity contribution >= 4 is 34.4 Å². The standard InChI is InChI=1S/C28H37N7O3/c1-34(2)25(36)18-35(16-6-5-9-21-13-12-20-8-7-15-29-26(20)32-21)17-14-24(28(37)38)33-27-22-10-3-4-11-23(22)30-19-31-27/h3-4,10-13,19,24H,5-9,14-18H2,1-2H3,(H,29,32)(H,37,38)(H,30,31,33)/t24-/m0/s1. The van der Waals surface area contributed by atoms with Crippen molar-refractivity contribution in [1.82, 2.24) is 24.8 Å². The molecule has 1 amide bonds. The van der Waals surface area contributed by atoms with E-state index in [9.17, 15) is 14.7 Å². The Labute approximate surface area is 223 Å². The van der Waals surface area contributed by atoms with Crippen molar-refractivity contribution < 1.29 is 14.7 Å². The van der Waals surface area contributed by atoms with Crippen molar-refractivity contribution in [3.8, 4) is 0 Å². The predicted molar refractivity (Wildman–Crippen MR) is 148 cm³/mol. The summed E-state index contributed by atoms with van der Waals surface area (Å²) in [5.41, 5.74) is 3.10. The first-order valence-electron chi connectivity index (χ1n) is 13.2. The van der Waals surface area contributed by atoms with E-state index >= 15 is 0 Å². The van der Waals surface area contributed by atoms with E-state index in [0.717, 1.165) is 61.1 Å². The number of carbonyl (C=O) groups is 2. The first-order valence-corrected chi connectivity index (χ1v) is 13.2. The zero-order chi connectivity index (χ0) is 26.9. The second-order valence-electron chi connectivity index (χ2n) is 9.93. The van der Waals surface area contributed by atoms with Gasteiger partial charge in [-0.25, -0.2) is 19.7 Å². The number of rotatable bonds is 13. The quantitative estimate of drug-likeness (QED) is 0.292. The minimum Gasteiger partial charge on any atom is -0.480 e. The van der Waals surface area contributed by atoms with Crippen LogP contribution in [0.4, 0.5) is 11.6 Å². The van der Waals surface area contributed by atoms with Crippen LogP contribution in [0.5, 0.6) is 0 Å². The number of hydrogen-bond acceptors (Lipinski definition) is 8. The van der Waals surface area contributed by atoms with Crippen LogP contribution in [0.2, 0.25) is 0 Å². The Morgan fingerprint density at radius 2 is 1.95 bits per heavy atom. The molecule has 4 rings (SSSR count). The highest BCUT2D eigenvalue weighted by Gasteiger charge is 2.21. The number of unbranched alkanes of at least 4 members (excludes halogenated alkanes) is 1. The third-order valence-corrected chi connectivity index (χ3v) is 6.85.